The van der Waals surface area contributed by atoms with E-state index in [1.54, 1.807) is 22.8 Å². The number of carbonyl (C=O) groups is 1. The maximum absolute atomic E-state index is 12.5. The van der Waals surface area contributed by atoms with E-state index < -0.39 is 19.9 Å². The number of anilines is 3. The van der Waals surface area contributed by atoms with E-state index in [4.69, 9.17) is 13.0 Å². The smallest absolute Gasteiger partial charge is 0.228 e. The van der Waals surface area contributed by atoms with Crippen LogP contribution in [0.4, 0.5) is 17.3 Å². The molecule has 180 valence electrons. The van der Waals surface area contributed by atoms with E-state index in [1.807, 2.05) is 17.9 Å². The van der Waals surface area contributed by atoms with E-state index in [2.05, 4.69) is 35.9 Å². The average molecular weight is 480 g/mol. The highest BCUT2D eigenvalue weighted by molar-refractivity contribution is 6.01. The maximum atomic E-state index is 12.5. The Morgan fingerprint density at radius 1 is 1.31 bits per heavy atom. The SMILES string of the molecule is [2H]C([2H])([2H])Nc1ncc(-c2nc3ccc(N4CCO[C@H](C([2H])([2H])[2H])C4)cn3n2)c2cc(NC(=O)[C@H]3C[C@H]3C)nnc12. The number of amides is 1. The molecule has 0 unspecified atom stereocenters. The van der Waals surface area contributed by atoms with Crippen LogP contribution < -0.4 is 15.5 Å². The molecular weight excluding hydrogens is 446 g/mol. The van der Waals surface area contributed by atoms with Gasteiger partial charge in [0.2, 0.25) is 5.91 Å². The van der Waals surface area contributed by atoms with Crippen LogP contribution in [0.1, 0.15) is 28.4 Å². The molecule has 3 atom stereocenters. The van der Waals surface area contributed by atoms with Crippen molar-refractivity contribution in [2.75, 3.05) is 42.2 Å². The number of nitrogens with zero attached hydrogens (tertiary/aromatic N) is 7. The molecule has 2 aliphatic rings. The van der Waals surface area contributed by atoms with Crippen LogP contribution in [0.2, 0.25) is 0 Å². The normalized spacial score (nSPS) is 25.2. The fourth-order valence-electron chi connectivity index (χ4n) is 4.33. The van der Waals surface area contributed by atoms with E-state index in [1.165, 1.54) is 6.20 Å². The minimum Gasteiger partial charge on any atom is -0.375 e. The average Bonchev–Trinajstić information content (AvgIpc) is 3.49. The number of hydrogen-bond acceptors (Lipinski definition) is 9. The lowest BCUT2D eigenvalue weighted by atomic mass is 10.1. The second kappa shape index (κ2) is 8.42. The van der Waals surface area contributed by atoms with Gasteiger partial charge in [0, 0.05) is 51.4 Å². The van der Waals surface area contributed by atoms with Crippen LogP contribution >= 0.6 is 0 Å². The van der Waals surface area contributed by atoms with Gasteiger partial charge in [-0.05, 0) is 37.4 Å². The lowest BCUT2D eigenvalue weighted by molar-refractivity contribution is -0.117. The zero-order valence-corrected chi connectivity index (χ0v) is 18.9. The summed E-state index contributed by atoms with van der Waals surface area (Å²) in [6.07, 6.45) is 3.13. The minimum absolute atomic E-state index is 0.00659. The Kier molecular flexibility index (Phi) is 3.83. The van der Waals surface area contributed by atoms with Gasteiger partial charge in [-0.1, -0.05) is 6.92 Å². The van der Waals surface area contributed by atoms with E-state index in [-0.39, 0.29) is 42.1 Å². The Morgan fingerprint density at radius 3 is 3.06 bits per heavy atom. The summed E-state index contributed by atoms with van der Waals surface area (Å²) in [5.41, 5.74) is 1.93. The Labute approximate surface area is 210 Å². The van der Waals surface area contributed by atoms with Crippen molar-refractivity contribution in [2.45, 2.75) is 26.3 Å². The molecule has 1 aliphatic heterocycles. The fourth-order valence-corrected chi connectivity index (χ4v) is 4.33. The molecule has 0 spiro atoms. The number of hydrogen-bond donors (Lipinski definition) is 2. The van der Waals surface area contributed by atoms with Crippen molar-refractivity contribution < 1.29 is 17.8 Å². The van der Waals surface area contributed by atoms with E-state index in [9.17, 15) is 4.79 Å². The number of aromatic nitrogens is 6. The molecule has 4 aromatic heterocycles. The van der Waals surface area contributed by atoms with Gasteiger partial charge in [0.25, 0.3) is 0 Å². The number of carbonyl (C=O) groups excluding carboxylic acids is 1. The van der Waals surface area contributed by atoms with Gasteiger partial charge >= 0.3 is 0 Å². The van der Waals surface area contributed by atoms with Crippen LogP contribution in [0.3, 0.4) is 0 Å². The van der Waals surface area contributed by atoms with Crippen molar-refractivity contribution >= 4 is 39.8 Å². The molecule has 11 heteroatoms. The lowest BCUT2D eigenvalue weighted by Crippen LogP contribution is -2.41. The first-order valence-electron chi connectivity index (χ1n) is 14.3. The molecule has 1 saturated heterocycles. The first-order chi connectivity index (χ1) is 19.4. The van der Waals surface area contributed by atoms with E-state index in [0.29, 0.717) is 34.9 Å². The molecule has 1 saturated carbocycles. The van der Waals surface area contributed by atoms with E-state index in [0.717, 1.165) is 12.1 Å². The summed E-state index contributed by atoms with van der Waals surface area (Å²) in [5, 5.41) is 18.5. The monoisotopic (exact) mass is 479 g/mol. The van der Waals surface area contributed by atoms with Crippen molar-refractivity contribution in [3.8, 4) is 11.4 Å². The van der Waals surface area contributed by atoms with Crippen molar-refractivity contribution in [1.82, 2.24) is 29.8 Å². The van der Waals surface area contributed by atoms with Crippen LogP contribution in [0, 0.1) is 11.8 Å². The standard InChI is InChI=1S/C24H27N9O2/c1-13-8-16(13)24(34)27-19-9-17-18(10-26-23(25-3)21(17)30-29-19)22-28-20-5-4-15(12-33(20)31-22)32-6-7-35-14(2)11-32/h4-5,9-10,12-14,16H,6-8,11H2,1-3H3,(H,25,26)(H,27,29,34)/t13-,14-,16+/m1/s1/i2D3,3D3. The number of ether oxygens (including phenoxy) is 1. The van der Waals surface area contributed by atoms with Crippen LogP contribution in [0.25, 0.3) is 27.9 Å². The van der Waals surface area contributed by atoms with Crippen molar-refractivity contribution in [1.29, 1.82) is 0 Å². The number of rotatable bonds is 5. The molecule has 2 fully saturated rings. The third-order valence-corrected chi connectivity index (χ3v) is 6.43. The predicted molar refractivity (Wildman–Crippen MR) is 132 cm³/mol. The third-order valence-electron chi connectivity index (χ3n) is 6.43. The number of fused-ring (bicyclic) bond motifs is 2. The topological polar surface area (TPSA) is 122 Å². The maximum Gasteiger partial charge on any atom is 0.228 e. The predicted octanol–water partition coefficient (Wildman–Crippen LogP) is 2.60. The van der Waals surface area contributed by atoms with Gasteiger partial charge in [0.15, 0.2) is 23.1 Å². The summed E-state index contributed by atoms with van der Waals surface area (Å²) in [5.74, 6) is 0.603. The summed E-state index contributed by atoms with van der Waals surface area (Å²) in [6.45, 7) is -1.72. The second-order valence-electron chi connectivity index (χ2n) is 8.88. The van der Waals surface area contributed by atoms with Gasteiger partial charge in [0.1, 0.15) is 5.52 Å². The first-order valence-corrected chi connectivity index (χ1v) is 11.3. The van der Waals surface area contributed by atoms with Crippen LogP contribution in [-0.2, 0) is 9.53 Å². The fraction of sp³-hybridized carbons (Fsp3) is 0.417. The molecule has 11 nitrogen and oxygen atoms in total. The molecule has 0 bridgehead atoms. The lowest BCUT2D eigenvalue weighted by Gasteiger charge is -2.32. The number of pyridine rings is 2. The highest BCUT2D eigenvalue weighted by Gasteiger charge is 2.39. The molecule has 1 amide bonds. The molecule has 4 aromatic rings. The summed E-state index contributed by atoms with van der Waals surface area (Å²) in [6, 6.07) is 5.22. The highest BCUT2D eigenvalue weighted by atomic mass is 16.5. The zero-order valence-electron chi connectivity index (χ0n) is 24.9. The van der Waals surface area contributed by atoms with Crippen molar-refractivity contribution in [3.05, 3.63) is 30.6 Å². The molecule has 0 aromatic carbocycles. The largest absolute Gasteiger partial charge is 0.375 e. The van der Waals surface area contributed by atoms with Gasteiger partial charge in [-0.15, -0.1) is 15.3 Å². The van der Waals surface area contributed by atoms with Crippen LogP contribution in [-0.4, -0.2) is 68.5 Å². The molecule has 0 radical (unpaired) electrons. The zero-order chi connectivity index (χ0) is 29.1. The summed E-state index contributed by atoms with van der Waals surface area (Å²) in [7, 11) is 0. The Balaban J connectivity index is 1.37. The van der Waals surface area contributed by atoms with Gasteiger partial charge < -0.3 is 20.3 Å². The highest BCUT2D eigenvalue weighted by Crippen LogP contribution is 2.38. The van der Waals surface area contributed by atoms with Crippen LogP contribution in [0.5, 0.6) is 0 Å². The quantitative estimate of drug-likeness (QED) is 0.445. The van der Waals surface area contributed by atoms with Crippen molar-refractivity contribution in [3.63, 3.8) is 0 Å². The molecular formula is C24H27N9O2. The Morgan fingerprint density at radius 2 is 2.23 bits per heavy atom. The van der Waals surface area contributed by atoms with E-state index >= 15 is 0 Å². The molecule has 2 N–H and O–H groups in total. The first kappa shape index (κ1) is 15.9. The minimum atomic E-state index is -2.52. The Hall–Kier alpha value is -3.86. The Bertz CT molecular complexity index is 1640. The second-order valence-corrected chi connectivity index (χ2v) is 8.88. The number of morpholine rings is 1. The molecule has 35 heavy (non-hydrogen) atoms. The van der Waals surface area contributed by atoms with Gasteiger partial charge in [-0.3, -0.25) is 4.79 Å². The van der Waals surface area contributed by atoms with Crippen LogP contribution in [0.15, 0.2) is 30.6 Å². The molecule has 6 rings (SSSR count). The van der Waals surface area contributed by atoms with Crippen molar-refractivity contribution in [2.24, 2.45) is 11.8 Å². The summed E-state index contributed by atoms with van der Waals surface area (Å²) < 4.78 is 52.9. The molecule has 1 aliphatic carbocycles. The van der Waals surface area contributed by atoms with Gasteiger partial charge in [0.05, 0.1) is 24.6 Å². The number of nitrogens with one attached hydrogen (secondary N) is 2. The summed E-state index contributed by atoms with van der Waals surface area (Å²) >= 11 is 0. The summed E-state index contributed by atoms with van der Waals surface area (Å²) in [4.78, 5) is 23.4. The van der Waals surface area contributed by atoms with Gasteiger partial charge in [-0.25, -0.2) is 14.5 Å². The van der Waals surface area contributed by atoms with Gasteiger partial charge in [-0.2, -0.15) is 0 Å². The third kappa shape index (κ3) is 4.01. The molecule has 5 heterocycles.